The number of carbonyl (C=O) groups excluding carboxylic acids is 2. The van der Waals surface area contributed by atoms with E-state index in [1.807, 2.05) is 30.3 Å². The summed E-state index contributed by atoms with van der Waals surface area (Å²) in [5.41, 5.74) is 2.63. The molecule has 0 unspecified atom stereocenters. The van der Waals surface area contributed by atoms with Gasteiger partial charge in [-0.1, -0.05) is 37.6 Å². The number of hydrogen-bond donors (Lipinski definition) is 2. The van der Waals surface area contributed by atoms with Crippen molar-refractivity contribution < 1.29 is 14.3 Å². The van der Waals surface area contributed by atoms with Gasteiger partial charge in [-0.3, -0.25) is 9.59 Å². The van der Waals surface area contributed by atoms with E-state index in [1.54, 1.807) is 18.2 Å². The van der Waals surface area contributed by atoms with E-state index in [-0.39, 0.29) is 24.3 Å². The highest BCUT2D eigenvalue weighted by Crippen LogP contribution is 2.30. The third-order valence-corrected chi connectivity index (χ3v) is 4.23. The van der Waals surface area contributed by atoms with Gasteiger partial charge in [0.1, 0.15) is 5.75 Å². The van der Waals surface area contributed by atoms with Gasteiger partial charge in [0.25, 0.3) is 5.91 Å². The zero-order valence-corrected chi connectivity index (χ0v) is 15.0. The molecule has 26 heavy (non-hydrogen) atoms. The molecule has 0 spiro atoms. The predicted molar refractivity (Wildman–Crippen MR) is 102 cm³/mol. The summed E-state index contributed by atoms with van der Waals surface area (Å²) in [6.07, 6.45) is 3.85. The van der Waals surface area contributed by atoms with Crippen molar-refractivity contribution in [3.8, 4) is 5.75 Å². The molecule has 1 fully saturated rings. The minimum absolute atomic E-state index is 0.0485. The fourth-order valence-corrected chi connectivity index (χ4v) is 2.72. The van der Waals surface area contributed by atoms with Gasteiger partial charge < -0.3 is 15.4 Å². The molecule has 1 aliphatic rings. The Morgan fingerprint density at radius 2 is 1.88 bits per heavy atom. The number of ether oxygens (including phenoxy) is 1. The first-order valence-electron chi connectivity index (χ1n) is 9.07. The van der Waals surface area contributed by atoms with Crippen LogP contribution in [0.3, 0.4) is 0 Å². The molecular formula is C21H24N2O3. The topological polar surface area (TPSA) is 67.4 Å². The molecule has 2 N–H and O–H groups in total. The zero-order chi connectivity index (χ0) is 18.4. The molecule has 2 aromatic carbocycles. The van der Waals surface area contributed by atoms with E-state index in [4.69, 9.17) is 4.74 Å². The summed E-state index contributed by atoms with van der Waals surface area (Å²) < 4.78 is 5.57. The van der Waals surface area contributed by atoms with Crippen LogP contribution in [0.2, 0.25) is 0 Å². The Hall–Kier alpha value is -2.82. The van der Waals surface area contributed by atoms with E-state index in [2.05, 4.69) is 17.6 Å². The number of para-hydroxylation sites is 1. The Labute approximate surface area is 153 Å². The highest BCUT2D eigenvalue weighted by atomic mass is 16.5. The second kappa shape index (κ2) is 8.52. The molecule has 136 valence electrons. The van der Waals surface area contributed by atoms with Crippen LogP contribution in [0.25, 0.3) is 0 Å². The molecule has 0 radical (unpaired) electrons. The summed E-state index contributed by atoms with van der Waals surface area (Å²) in [6.45, 7) is 2.02. The van der Waals surface area contributed by atoms with Crippen LogP contribution < -0.4 is 15.4 Å². The van der Waals surface area contributed by atoms with E-state index >= 15 is 0 Å². The lowest BCUT2D eigenvalue weighted by molar-refractivity contribution is -0.118. The summed E-state index contributed by atoms with van der Waals surface area (Å²) in [5, 5.41) is 5.78. The monoisotopic (exact) mass is 352 g/mol. The maximum atomic E-state index is 12.2. The van der Waals surface area contributed by atoms with Gasteiger partial charge in [-0.15, -0.1) is 0 Å². The SMILES string of the molecule is CCCc1ccccc1NC(=O)COc1cccc(NC(=O)C2CC2)c1. The normalized spacial score (nSPS) is 13.1. The average Bonchev–Trinajstić information content (AvgIpc) is 3.47. The fraction of sp³-hybridized carbons (Fsp3) is 0.333. The third kappa shape index (κ3) is 5.09. The summed E-state index contributed by atoms with van der Waals surface area (Å²) in [7, 11) is 0. The van der Waals surface area contributed by atoms with Crippen molar-refractivity contribution in [2.45, 2.75) is 32.6 Å². The molecule has 1 aliphatic carbocycles. The number of carbonyl (C=O) groups is 2. The van der Waals surface area contributed by atoms with Crippen LogP contribution in [-0.2, 0) is 16.0 Å². The molecule has 0 heterocycles. The van der Waals surface area contributed by atoms with Crippen molar-refractivity contribution in [2.24, 2.45) is 5.92 Å². The number of amides is 2. The lowest BCUT2D eigenvalue weighted by atomic mass is 10.1. The Balaban J connectivity index is 1.53. The lowest BCUT2D eigenvalue weighted by Gasteiger charge is -2.12. The maximum absolute atomic E-state index is 12.2. The first-order chi connectivity index (χ1) is 12.7. The van der Waals surface area contributed by atoms with E-state index < -0.39 is 0 Å². The smallest absolute Gasteiger partial charge is 0.262 e. The quantitative estimate of drug-likeness (QED) is 0.754. The van der Waals surface area contributed by atoms with Crippen molar-refractivity contribution in [1.82, 2.24) is 0 Å². The predicted octanol–water partition coefficient (Wildman–Crippen LogP) is 4.01. The number of anilines is 2. The van der Waals surface area contributed by atoms with Crippen LogP contribution in [0.1, 0.15) is 31.7 Å². The Kier molecular flexibility index (Phi) is 5.89. The van der Waals surface area contributed by atoms with Crippen LogP contribution in [0.4, 0.5) is 11.4 Å². The molecular weight excluding hydrogens is 328 g/mol. The van der Waals surface area contributed by atoms with E-state index in [9.17, 15) is 9.59 Å². The Morgan fingerprint density at radius 1 is 1.08 bits per heavy atom. The van der Waals surface area contributed by atoms with Crippen molar-refractivity contribution >= 4 is 23.2 Å². The van der Waals surface area contributed by atoms with Gasteiger partial charge in [-0.05, 0) is 43.0 Å². The summed E-state index contributed by atoms with van der Waals surface area (Å²) in [5.74, 6) is 0.539. The number of nitrogens with one attached hydrogen (secondary N) is 2. The van der Waals surface area contributed by atoms with Crippen molar-refractivity contribution in [3.63, 3.8) is 0 Å². The number of aryl methyl sites for hydroxylation is 1. The van der Waals surface area contributed by atoms with Crippen molar-refractivity contribution in [3.05, 3.63) is 54.1 Å². The second-order valence-corrected chi connectivity index (χ2v) is 6.54. The van der Waals surface area contributed by atoms with Crippen LogP contribution in [0.5, 0.6) is 5.75 Å². The summed E-state index contributed by atoms with van der Waals surface area (Å²) >= 11 is 0. The largest absolute Gasteiger partial charge is 0.484 e. The fourth-order valence-electron chi connectivity index (χ4n) is 2.72. The van der Waals surface area contributed by atoms with E-state index in [0.717, 1.165) is 36.9 Å². The van der Waals surface area contributed by atoms with E-state index in [0.29, 0.717) is 11.4 Å². The molecule has 3 rings (SSSR count). The standard InChI is InChI=1S/C21H24N2O3/c1-2-6-15-7-3-4-10-19(15)23-20(24)14-26-18-9-5-8-17(13-18)22-21(25)16-11-12-16/h3-5,7-10,13,16H,2,6,11-12,14H2,1H3,(H,22,25)(H,23,24). The first kappa shape index (κ1) is 18.0. The molecule has 0 atom stereocenters. The van der Waals surface area contributed by atoms with Gasteiger partial charge in [0, 0.05) is 23.4 Å². The minimum atomic E-state index is -0.207. The molecule has 5 nitrogen and oxygen atoms in total. The van der Waals surface area contributed by atoms with Gasteiger partial charge in [0.05, 0.1) is 0 Å². The van der Waals surface area contributed by atoms with Crippen LogP contribution in [0.15, 0.2) is 48.5 Å². The van der Waals surface area contributed by atoms with Crippen LogP contribution in [0, 0.1) is 5.92 Å². The zero-order valence-electron chi connectivity index (χ0n) is 15.0. The number of rotatable bonds is 8. The number of hydrogen-bond acceptors (Lipinski definition) is 3. The second-order valence-electron chi connectivity index (χ2n) is 6.54. The van der Waals surface area contributed by atoms with Crippen molar-refractivity contribution in [2.75, 3.05) is 17.2 Å². The highest BCUT2D eigenvalue weighted by molar-refractivity contribution is 5.94. The van der Waals surface area contributed by atoms with Gasteiger partial charge in [-0.25, -0.2) is 0 Å². The summed E-state index contributed by atoms with van der Waals surface area (Å²) in [4.78, 5) is 24.0. The molecule has 5 heteroatoms. The molecule has 0 saturated heterocycles. The number of benzene rings is 2. The van der Waals surface area contributed by atoms with E-state index in [1.165, 1.54) is 0 Å². The summed E-state index contributed by atoms with van der Waals surface area (Å²) in [6, 6.07) is 14.9. The van der Waals surface area contributed by atoms with Gasteiger partial charge in [0.15, 0.2) is 6.61 Å². The molecule has 2 amide bonds. The maximum Gasteiger partial charge on any atom is 0.262 e. The lowest BCUT2D eigenvalue weighted by Crippen LogP contribution is -2.21. The third-order valence-electron chi connectivity index (χ3n) is 4.23. The first-order valence-corrected chi connectivity index (χ1v) is 9.07. The highest BCUT2D eigenvalue weighted by Gasteiger charge is 2.29. The molecule has 1 saturated carbocycles. The van der Waals surface area contributed by atoms with Gasteiger partial charge in [0.2, 0.25) is 5.91 Å². The minimum Gasteiger partial charge on any atom is -0.484 e. The average molecular weight is 352 g/mol. The molecule has 2 aromatic rings. The molecule has 0 bridgehead atoms. The van der Waals surface area contributed by atoms with Crippen molar-refractivity contribution in [1.29, 1.82) is 0 Å². The molecule has 0 aliphatic heterocycles. The van der Waals surface area contributed by atoms with Gasteiger partial charge >= 0.3 is 0 Å². The Morgan fingerprint density at radius 3 is 2.65 bits per heavy atom. The van der Waals surface area contributed by atoms with Gasteiger partial charge in [-0.2, -0.15) is 0 Å². The van der Waals surface area contributed by atoms with Crippen LogP contribution in [-0.4, -0.2) is 18.4 Å². The Bertz CT molecular complexity index is 784. The van der Waals surface area contributed by atoms with Crippen LogP contribution >= 0.6 is 0 Å². The molecule has 0 aromatic heterocycles.